The molecule has 2 unspecified atom stereocenters. The summed E-state index contributed by atoms with van der Waals surface area (Å²) in [6, 6.07) is 7.66. The highest BCUT2D eigenvalue weighted by Crippen LogP contribution is 2.28. The van der Waals surface area contributed by atoms with Crippen molar-refractivity contribution >= 4 is 5.91 Å². The average Bonchev–Trinajstić information content (AvgIpc) is 2.79. The summed E-state index contributed by atoms with van der Waals surface area (Å²) in [6.45, 7) is 5.81. The smallest absolute Gasteiger partial charge is 0.261 e. The maximum atomic E-state index is 12.0. The molecule has 0 saturated carbocycles. The van der Waals surface area contributed by atoms with Gasteiger partial charge < -0.3 is 15.2 Å². The second kappa shape index (κ2) is 5.21. The lowest BCUT2D eigenvalue weighted by Crippen LogP contribution is -2.48. The molecule has 0 aromatic heterocycles. The lowest BCUT2D eigenvalue weighted by Gasteiger charge is -2.28. The second-order valence-corrected chi connectivity index (χ2v) is 5.65. The normalized spacial score (nSPS) is 20.6. The Bertz CT molecular complexity index is 443. The molecule has 2 rings (SSSR count). The van der Waals surface area contributed by atoms with Gasteiger partial charge in [0.2, 0.25) is 0 Å². The van der Waals surface area contributed by atoms with Crippen LogP contribution in [0.15, 0.2) is 24.3 Å². The van der Waals surface area contributed by atoms with E-state index in [1.54, 1.807) is 6.92 Å². The third-order valence-corrected chi connectivity index (χ3v) is 3.80. The topological polar surface area (TPSA) is 58.6 Å². The number of para-hydroxylation sites is 1. The minimum absolute atomic E-state index is 0.0782. The molecule has 1 amide bonds. The Balaban J connectivity index is 1.90. The van der Waals surface area contributed by atoms with Crippen LogP contribution in [0.3, 0.4) is 0 Å². The number of ether oxygens (including phenoxy) is 1. The van der Waals surface area contributed by atoms with E-state index >= 15 is 0 Å². The van der Waals surface area contributed by atoms with Gasteiger partial charge in [0.25, 0.3) is 5.91 Å². The summed E-state index contributed by atoms with van der Waals surface area (Å²) in [6.07, 6.45) is 0.103. The zero-order valence-electron chi connectivity index (χ0n) is 11.6. The summed E-state index contributed by atoms with van der Waals surface area (Å²) in [5.74, 6) is 0.685. The molecule has 0 saturated heterocycles. The fourth-order valence-electron chi connectivity index (χ4n) is 1.91. The van der Waals surface area contributed by atoms with Crippen molar-refractivity contribution < 1.29 is 14.6 Å². The minimum atomic E-state index is -0.902. The number of nitrogens with one attached hydrogen (secondary N) is 1. The number of benzene rings is 1. The Hall–Kier alpha value is -1.55. The van der Waals surface area contributed by atoms with Crippen LogP contribution in [0.1, 0.15) is 26.3 Å². The molecule has 104 valence electrons. The number of rotatable bonds is 4. The Morgan fingerprint density at radius 3 is 2.84 bits per heavy atom. The molecule has 0 spiro atoms. The Kier molecular flexibility index (Phi) is 3.80. The first-order chi connectivity index (χ1) is 8.90. The second-order valence-electron chi connectivity index (χ2n) is 5.65. The molecule has 2 atom stereocenters. The van der Waals surface area contributed by atoms with Gasteiger partial charge in [-0.3, -0.25) is 4.79 Å². The van der Waals surface area contributed by atoms with Crippen molar-refractivity contribution in [2.75, 3.05) is 6.54 Å². The zero-order valence-corrected chi connectivity index (χ0v) is 11.6. The van der Waals surface area contributed by atoms with Crippen molar-refractivity contribution in [3.8, 4) is 5.75 Å². The Morgan fingerprint density at radius 1 is 1.53 bits per heavy atom. The van der Waals surface area contributed by atoms with Gasteiger partial charge in [-0.15, -0.1) is 0 Å². The molecule has 2 N–H and O–H groups in total. The van der Waals surface area contributed by atoms with Crippen molar-refractivity contribution in [1.82, 2.24) is 5.32 Å². The predicted octanol–water partition coefficient (Wildman–Crippen LogP) is 1.51. The van der Waals surface area contributed by atoms with Crippen molar-refractivity contribution in [2.24, 2.45) is 5.92 Å². The standard InChI is InChI=1S/C15H21NO3/c1-10(2)15(3,18)9-16-14(17)13-8-11-6-4-5-7-12(11)19-13/h4-7,10,13,18H,8-9H2,1-3H3,(H,16,17). The number of carbonyl (C=O) groups excluding carboxylic acids is 1. The molecule has 1 aromatic carbocycles. The number of hydrogen-bond donors (Lipinski definition) is 2. The number of hydrogen-bond acceptors (Lipinski definition) is 3. The van der Waals surface area contributed by atoms with Gasteiger partial charge >= 0.3 is 0 Å². The van der Waals surface area contributed by atoms with Crippen LogP contribution in [0.4, 0.5) is 0 Å². The summed E-state index contributed by atoms with van der Waals surface area (Å²) in [7, 11) is 0. The quantitative estimate of drug-likeness (QED) is 0.865. The first kappa shape index (κ1) is 13.9. The van der Waals surface area contributed by atoms with E-state index < -0.39 is 11.7 Å². The molecule has 0 radical (unpaired) electrons. The molecule has 0 fully saturated rings. The van der Waals surface area contributed by atoms with E-state index in [1.807, 2.05) is 38.1 Å². The van der Waals surface area contributed by atoms with Gasteiger partial charge in [-0.2, -0.15) is 0 Å². The SMILES string of the molecule is CC(C)C(C)(O)CNC(=O)C1Cc2ccccc2O1. The summed E-state index contributed by atoms with van der Waals surface area (Å²) in [4.78, 5) is 12.0. The van der Waals surface area contributed by atoms with Crippen LogP contribution in [-0.4, -0.2) is 29.3 Å². The van der Waals surface area contributed by atoms with Gasteiger partial charge in [-0.1, -0.05) is 32.0 Å². The maximum Gasteiger partial charge on any atom is 0.261 e. The Morgan fingerprint density at radius 2 is 2.21 bits per heavy atom. The zero-order chi connectivity index (χ0) is 14.0. The average molecular weight is 263 g/mol. The summed E-state index contributed by atoms with van der Waals surface area (Å²) >= 11 is 0. The van der Waals surface area contributed by atoms with Crippen molar-refractivity contribution in [1.29, 1.82) is 0 Å². The minimum Gasteiger partial charge on any atom is -0.480 e. The molecule has 1 heterocycles. The van der Waals surface area contributed by atoms with Crippen molar-refractivity contribution in [3.05, 3.63) is 29.8 Å². The Labute approximate surface area is 113 Å². The lowest BCUT2D eigenvalue weighted by molar-refractivity contribution is -0.128. The predicted molar refractivity (Wildman–Crippen MR) is 73.0 cm³/mol. The first-order valence-corrected chi connectivity index (χ1v) is 6.65. The molecule has 1 aliphatic heterocycles. The van der Waals surface area contributed by atoms with Crippen LogP contribution in [0.2, 0.25) is 0 Å². The summed E-state index contributed by atoms with van der Waals surface area (Å²) in [5.41, 5.74) is 0.152. The lowest BCUT2D eigenvalue weighted by atomic mass is 9.92. The molecule has 4 nitrogen and oxygen atoms in total. The third-order valence-electron chi connectivity index (χ3n) is 3.80. The molecule has 0 aliphatic carbocycles. The van der Waals surface area contributed by atoms with Crippen LogP contribution in [-0.2, 0) is 11.2 Å². The fraction of sp³-hybridized carbons (Fsp3) is 0.533. The number of fused-ring (bicyclic) bond motifs is 1. The number of carbonyl (C=O) groups is 1. The van der Waals surface area contributed by atoms with E-state index in [1.165, 1.54) is 0 Å². The van der Waals surface area contributed by atoms with E-state index in [2.05, 4.69) is 5.32 Å². The van der Waals surface area contributed by atoms with Crippen molar-refractivity contribution in [2.45, 2.75) is 38.9 Å². The van der Waals surface area contributed by atoms with Crippen LogP contribution >= 0.6 is 0 Å². The molecular weight excluding hydrogens is 242 g/mol. The highest BCUT2D eigenvalue weighted by molar-refractivity contribution is 5.82. The van der Waals surface area contributed by atoms with E-state index in [0.717, 1.165) is 11.3 Å². The third kappa shape index (κ3) is 3.07. The van der Waals surface area contributed by atoms with Gasteiger partial charge in [0.15, 0.2) is 6.10 Å². The maximum absolute atomic E-state index is 12.0. The van der Waals surface area contributed by atoms with Gasteiger partial charge in [0.1, 0.15) is 5.75 Å². The summed E-state index contributed by atoms with van der Waals surface area (Å²) in [5, 5.41) is 12.9. The van der Waals surface area contributed by atoms with Crippen LogP contribution in [0, 0.1) is 5.92 Å². The molecule has 4 heteroatoms. The first-order valence-electron chi connectivity index (χ1n) is 6.65. The van der Waals surface area contributed by atoms with Crippen LogP contribution in [0.25, 0.3) is 0 Å². The van der Waals surface area contributed by atoms with E-state index in [0.29, 0.717) is 6.42 Å². The van der Waals surface area contributed by atoms with E-state index in [9.17, 15) is 9.90 Å². The number of aliphatic hydroxyl groups is 1. The molecule has 1 aliphatic rings. The molecule has 0 bridgehead atoms. The van der Waals surface area contributed by atoms with Gasteiger partial charge in [0, 0.05) is 13.0 Å². The molecule has 1 aromatic rings. The monoisotopic (exact) mass is 263 g/mol. The highest BCUT2D eigenvalue weighted by Gasteiger charge is 2.31. The van der Waals surface area contributed by atoms with Gasteiger partial charge in [-0.05, 0) is 24.5 Å². The number of amides is 1. The highest BCUT2D eigenvalue weighted by atomic mass is 16.5. The molecular formula is C15H21NO3. The summed E-state index contributed by atoms with van der Waals surface area (Å²) < 4.78 is 5.60. The van der Waals surface area contributed by atoms with Crippen LogP contribution < -0.4 is 10.1 Å². The van der Waals surface area contributed by atoms with Crippen LogP contribution in [0.5, 0.6) is 5.75 Å². The molecule has 19 heavy (non-hydrogen) atoms. The fourth-order valence-corrected chi connectivity index (χ4v) is 1.91. The van der Waals surface area contributed by atoms with Gasteiger partial charge in [-0.25, -0.2) is 0 Å². The van der Waals surface area contributed by atoms with E-state index in [4.69, 9.17) is 4.74 Å². The van der Waals surface area contributed by atoms with Crippen molar-refractivity contribution in [3.63, 3.8) is 0 Å². The van der Waals surface area contributed by atoms with E-state index in [-0.39, 0.29) is 18.4 Å². The largest absolute Gasteiger partial charge is 0.480 e. The van der Waals surface area contributed by atoms with Gasteiger partial charge in [0.05, 0.1) is 5.60 Å².